The van der Waals surface area contributed by atoms with Crippen molar-refractivity contribution < 1.29 is 13.9 Å². The molecule has 2 aromatic rings. The van der Waals surface area contributed by atoms with Gasteiger partial charge in [-0.2, -0.15) is 0 Å². The number of hydrogen-bond acceptors (Lipinski definition) is 3. The summed E-state index contributed by atoms with van der Waals surface area (Å²) in [5.41, 5.74) is 1.26. The maximum absolute atomic E-state index is 10.6. The molecule has 0 saturated carbocycles. The Labute approximate surface area is 74.9 Å². The van der Waals surface area contributed by atoms with Gasteiger partial charge in [0.1, 0.15) is 11.3 Å². The van der Waals surface area contributed by atoms with Gasteiger partial charge in [-0.3, -0.25) is 4.79 Å². The zero-order chi connectivity index (χ0) is 9.26. The smallest absolute Gasteiger partial charge is 0.153 e. The minimum Gasteiger partial charge on any atom is -0.496 e. The number of furan rings is 1. The molecule has 0 fully saturated rings. The van der Waals surface area contributed by atoms with Crippen LogP contribution in [0.3, 0.4) is 0 Å². The number of benzene rings is 1. The fraction of sp³-hybridized carbons (Fsp3) is 0.100. The number of aldehydes is 1. The second kappa shape index (κ2) is 2.94. The standard InChI is InChI=1S/C10H8O3/c1-12-9-5-10-7(2-3-13-10)4-8(9)6-11/h2-6H,1H3. The maximum Gasteiger partial charge on any atom is 0.153 e. The Bertz CT molecular complexity index is 442. The maximum atomic E-state index is 10.6. The molecule has 3 heteroatoms. The second-order valence-corrected chi connectivity index (χ2v) is 2.67. The Kier molecular flexibility index (Phi) is 1.77. The highest BCUT2D eigenvalue weighted by molar-refractivity contribution is 5.89. The van der Waals surface area contributed by atoms with Gasteiger partial charge in [0.2, 0.25) is 0 Å². The number of carbonyl (C=O) groups is 1. The van der Waals surface area contributed by atoms with Gasteiger partial charge in [-0.05, 0) is 12.1 Å². The van der Waals surface area contributed by atoms with E-state index < -0.39 is 0 Å². The van der Waals surface area contributed by atoms with Crippen molar-refractivity contribution in [2.75, 3.05) is 7.11 Å². The second-order valence-electron chi connectivity index (χ2n) is 2.67. The van der Waals surface area contributed by atoms with E-state index in [1.807, 2.05) is 6.07 Å². The predicted molar refractivity (Wildman–Crippen MR) is 48.2 cm³/mol. The average Bonchev–Trinajstić information content (AvgIpc) is 2.62. The van der Waals surface area contributed by atoms with E-state index in [-0.39, 0.29) is 0 Å². The number of hydrogen-bond donors (Lipinski definition) is 0. The molecule has 66 valence electrons. The summed E-state index contributed by atoms with van der Waals surface area (Å²) in [7, 11) is 1.52. The fourth-order valence-electron chi connectivity index (χ4n) is 1.28. The SMILES string of the molecule is COc1cc2occc2cc1C=O. The van der Waals surface area contributed by atoms with E-state index in [0.29, 0.717) is 11.3 Å². The molecule has 1 aromatic heterocycles. The first kappa shape index (κ1) is 7.86. The highest BCUT2D eigenvalue weighted by Crippen LogP contribution is 2.25. The van der Waals surface area contributed by atoms with Gasteiger partial charge in [0.15, 0.2) is 6.29 Å². The van der Waals surface area contributed by atoms with E-state index in [2.05, 4.69) is 0 Å². The molecule has 0 bridgehead atoms. The number of carbonyl (C=O) groups excluding carboxylic acids is 1. The van der Waals surface area contributed by atoms with E-state index in [9.17, 15) is 4.79 Å². The van der Waals surface area contributed by atoms with E-state index in [1.54, 1.807) is 18.4 Å². The molecule has 2 rings (SSSR count). The van der Waals surface area contributed by atoms with Gasteiger partial charge >= 0.3 is 0 Å². The number of methoxy groups -OCH3 is 1. The number of fused-ring (bicyclic) bond motifs is 1. The highest BCUT2D eigenvalue weighted by Gasteiger charge is 2.05. The minimum absolute atomic E-state index is 0.538. The van der Waals surface area contributed by atoms with E-state index in [4.69, 9.17) is 9.15 Å². The first-order valence-corrected chi connectivity index (χ1v) is 3.85. The lowest BCUT2D eigenvalue weighted by Crippen LogP contribution is -1.89. The van der Waals surface area contributed by atoms with Crippen LogP contribution < -0.4 is 4.74 Å². The van der Waals surface area contributed by atoms with E-state index in [0.717, 1.165) is 17.3 Å². The molecule has 0 aliphatic rings. The topological polar surface area (TPSA) is 39.4 Å². The van der Waals surface area contributed by atoms with E-state index >= 15 is 0 Å². The molecule has 3 nitrogen and oxygen atoms in total. The summed E-state index contributed by atoms with van der Waals surface area (Å²) in [6.45, 7) is 0. The van der Waals surface area contributed by atoms with Crippen molar-refractivity contribution in [1.29, 1.82) is 0 Å². The van der Waals surface area contributed by atoms with Crippen LogP contribution in [0.4, 0.5) is 0 Å². The Morgan fingerprint density at radius 1 is 1.46 bits per heavy atom. The summed E-state index contributed by atoms with van der Waals surface area (Å²) in [5, 5.41) is 0.905. The Balaban J connectivity index is 2.73. The number of ether oxygens (including phenoxy) is 1. The molecule has 0 radical (unpaired) electrons. The third-order valence-corrected chi connectivity index (χ3v) is 1.93. The Hall–Kier alpha value is -1.77. The van der Waals surface area contributed by atoms with Crippen LogP contribution in [0.1, 0.15) is 10.4 Å². The van der Waals surface area contributed by atoms with Crippen molar-refractivity contribution in [2.24, 2.45) is 0 Å². The Morgan fingerprint density at radius 3 is 3.00 bits per heavy atom. The molecule has 0 atom stereocenters. The lowest BCUT2D eigenvalue weighted by Gasteiger charge is -2.01. The molecule has 1 aromatic carbocycles. The van der Waals surface area contributed by atoms with E-state index in [1.165, 1.54) is 7.11 Å². The van der Waals surface area contributed by atoms with Gasteiger partial charge in [0.25, 0.3) is 0 Å². The molecule has 0 amide bonds. The minimum atomic E-state index is 0.538. The van der Waals surface area contributed by atoms with Crippen molar-refractivity contribution in [3.8, 4) is 5.75 Å². The third-order valence-electron chi connectivity index (χ3n) is 1.93. The summed E-state index contributed by atoms with van der Waals surface area (Å²) in [6, 6.07) is 5.26. The van der Waals surface area contributed by atoms with Crippen LogP contribution in [0.2, 0.25) is 0 Å². The quantitative estimate of drug-likeness (QED) is 0.659. The fourth-order valence-corrected chi connectivity index (χ4v) is 1.28. The van der Waals surface area contributed by atoms with Crippen molar-refractivity contribution >= 4 is 17.3 Å². The lowest BCUT2D eigenvalue weighted by molar-refractivity contribution is 0.112. The summed E-state index contributed by atoms with van der Waals surface area (Å²) >= 11 is 0. The van der Waals surface area contributed by atoms with Gasteiger partial charge < -0.3 is 9.15 Å². The van der Waals surface area contributed by atoms with Crippen LogP contribution in [0.15, 0.2) is 28.9 Å². The largest absolute Gasteiger partial charge is 0.496 e. The molecule has 13 heavy (non-hydrogen) atoms. The molecular formula is C10H8O3. The van der Waals surface area contributed by atoms with Crippen molar-refractivity contribution in [3.63, 3.8) is 0 Å². The summed E-state index contributed by atoms with van der Waals surface area (Å²) in [4.78, 5) is 10.6. The molecule has 0 spiro atoms. The van der Waals surface area contributed by atoms with Gasteiger partial charge in [0, 0.05) is 11.5 Å². The van der Waals surface area contributed by atoms with Crippen molar-refractivity contribution in [2.45, 2.75) is 0 Å². The van der Waals surface area contributed by atoms with Crippen LogP contribution in [-0.4, -0.2) is 13.4 Å². The molecule has 0 unspecified atom stereocenters. The van der Waals surface area contributed by atoms with Gasteiger partial charge in [-0.15, -0.1) is 0 Å². The van der Waals surface area contributed by atoms with Gasteiger partial charge in [-0.1, -0.05) is 0 Å². The molecule has 0 saturated heterocycles. The van der Waals surface area contributed by atoms with Crippen LogP contribution in [0.5, 0.6) is 5.75 Å². The van der Waals surface area contributed by atoms with Crippen LogP contribution in [-0.2, 0) is 0 Å². The zero-order valence-corrected chi connectivity index (χ0v) is 7.11. The molecule has 0 aliphatic carbocycles. The Morgan fingerprint density at radius 2 is 2.31 bits per heavy atom. The first-order valence-electron chi connectivity index (χ1n) is 3.85. The monoisotopic (exact) mass is 176 g/mol. The summed E-state index contributed by atoms with van der Waals surface area (Å²) < 4.78 is 10.2. The number of rotatable bonds is 2. The molecular weight excluding hydrogens is 168 g/mol. The zero-order valence-electron chi connectivity index (χ0n) is 7.11. The van der Waals surface area contributed by atoms with Crippen LogP contribution in [0, 0.1) is 0 Å². The normalized spacial score (nSPS) is 10.2. The van der Waals surface area contributed by atoms with Crippen LogP contribution >= 0.6 is 0 Å². The predicted octanol–water partition coefficient (Wildman–Crippen LogP) is 2.25. The average molecular weight is 176 g/mol. The highest BCUT2D eigenvalue weighted by atomic mass is 16.5. The molecule has 0 N–H and O–H groups in total. The van der Waals surface area contributed by atoms with Crippen LogP contribution in [0.25, 0.3) is 11.0 Å². The van der Waals surface area contributed by atoms with Crippen molar-refractivity contribution in [1.82, 2.24) is 0 Å². The van der Waals surface area contributed by atoms with Gasteiger partial charge in [-0.25, -0.2) is 0 Å². The summed E-state index contributed by atoms with van der Waals surface area (Å²) in [5.74, 6) is 0.539. The summed E-state index contributed by atoms with van der Waals surface area (Å²) in [6.07, 6.45) is 2.35. The van der Waals surface area contributed by atoms with Gasteiger partial charge in [0.05, 0.1) is 18.9 Å². The lowest BCUT2D eigenvalue weighted by atomic mass is 10.1. The third kappa shape index (κ3) is 1.18. The first-order chi connectivity index (χ1) is 6.35. The van der Waals surface area contributed by atoms with Crippen molar-refractivity contribution in [3.05, 3.63) is 30.0 Å². The molecule has 1 heterocycles. The molecule has 0 aliphatic heterocycles.